The van der Waals surface area contributed by atoms with E-state index in [1.54, 1.807) is 0 Å². The number of ether oxygens (including phenoxy) is 1. The molecule has 1 radical (unpaired) electrons. The van der Waals surface area contributed by atoms with E-state index in [2.05, 4.69) is 56.8 Å². The lowest BCUT2D eigenvalue weighted by Gasteiger charge is -2.28. The number of rotatable bonds is 6. The maximum absolute atomic E-state index is 12.8. The van der Waals surface area contributed by atoms with Gasteiger partial charge in [-0.1, -0.05) is 32.6 Å². The predicted molar refractivity (Wildman–Crippen MR) is 139 cm³/mol. The third-order valence-electron chi connectivity index (χ3n) is 6.48. The fourth-order valence-electron chi connectivity index (χ4n) is 5.10. The average molecular weight is 484 g/mol. The summed E-state index contributed by atoms with van der Waals surface area (Å²) in [5.41, 5.74) is 1.95. The Kier molecular flexibility index (Phi) is 8.52. The van der Waals surface area contributed by atoms with Gasteiger partial charge in [-0.2, -0.15) is 0 Å². The molecule has 1 aromatic heterocycles. The average Bonchev–Trinajstić information content (AvgIpc) is 3.28. The molecule has 2 bridgehead atoms. The molecule has 0 aliphatic carbocycles. The number of carbonyl (C=O) groups excluding carboxylic acids is 1. The van der Waals surface area contributed by atoms with E-state index in [1.165, 1.54) is 12.0 Å². The zero-order valence-corrected chi connectivity index (χ0v) is 23.4. The Hall–Kier alpha value is -1.84. The van der Waals surface area contributed by atoms with Gasteiger partial charge in [0.25, 0.3) is 0 Å². The van der Waals surface area contributed by atoms with Gasteiger partial charge in [0, 0.05) is 36.0 Å². The number of nitrogens with zero attached hydrogens (tertiary/aromatic N) is 2. The summed E-state index contributed by atoms with van der Waals surface area (Å²) < 4.78 is 11.9. The summed E-state index contributed by atoms with van der Waals surface area (Å²) in [5, 5.41) is 0. The molecule has 2 aliphatic heterocycles. The van der Waals surface area contributed by atoms with Crippen LogP contribution in [0, 0.1) is 17.3 Å². The molecule has 187 valence electrons. The summed E-state index contributed by atoms with van der Waals surface area (Å²) >= 11 is 0. The molecule has 1 aromatic rings. The molecule has 0 aromatic carbocycles. The van der Waals surface area contributed by atoms with E-state index in [9.17, 15) is 4.79 Å². The minimum atomic E-state index is -0.823. The minimum absolute atomic E-state index is 0.0277. The number of hydrogen-bond donors (Lipinski definition) is 0. The van der Waals surface area contributed by atoms with Crippen molar-refractivity contribution in [2.75, 3.05) is 0 Å². The first-order valence-electron chi connectivity index (χ1n) is 12.8. The number of fused-ring (bicyclic) bond motifs is 2. The normalized spacial score (nSPS) is 23.1. The highest BCUT2D eigenvalue weighted by molar-refractivity contribution is 6.48. The predicted octanol–water partition coefficient (Wildman–Crippen LogP) is 6.54. The number of pyridine rings is 1. The van der Waals surface area contributed by atoms with Gasteiger partial charge >= 0.3 is 6.09 Å². The van der Waals surface area contributed by atoms with Crippen LogP contribution in [0.5, 0.6) is 0 Å². The van der Waals surface area contributed by atoms with Crippen molar-refractivity contribution in [2.45, 2.75) is 123 Å². The molecule has 6 heteroatoms. The van der Waals surface area contributed by atoms with Crippen molar-refractivity contribution in [3.63, 3.8) is 0 Å². The topological polar surface area (TPSA) is 51.7 Å². The van der Waals surface area contributed by atoms with Crippen LogP contribution in [-0.2, 0) is 9.16 Å². The zero-order valence-electron chi connectivity index (χ0n) is 22.4. The molecule has 4 atom stereocenters. The van der Waals surface area contributed by atoms with Crippen LogP contribution in [0.4, 0.5) is 4.79 Å². The number of aromatic nitrogens is 1. The van der Waals surface area contributed by atoms with Gasteiger partial charge in [0.15, 0.2) is 0 Å². The van der Waals surface area contributed by atoms with Crippen molar-refractivity contribution >= 4 is 15.1 Å². The van der Waals surface area contributed by atoms with Crippen molar-refractivity contribution in [2.24, 2.45) is 5.41 Å². The monoisotopic (exact) mass is 483 g/mol. The van der Waals surface area contributed by atoms with Gasteiger partial charge in [-0.15, -0.1) is 0 Å². The van der Waals surface area contributed by atoms with Crippen LogP contribution in [0.1, 0.15) is 97.1 Å². The Balaban J connectivity index is 1.70. The van der Waals surface area contributed by atoms with Crippen molar-refractivity contribution in [1.82, 2.24) is 9.88 Å². The summed E-state index contributed by atoms with van der Waals surface area (Å²) in [6.07, 6.45) is 9.86. The van der Waals surface area contributed by atoms with E-state index in [0.717, 1.165) is 37.7 Å². The van der Waals surface area contributed by atoms with Crippen LogP contribution in [0.3, 0.4) is 0 Å². The van der Waals surface area contributed by atoms with E-state index >= 15 is 0 Å². The van der Waals surface area contributed by atoms with Crippen LogP contribution >= 0.6 is 0 Å². The molecule has 34 heavy (non-hydrogen) atoms. The van der Waals surface area contributed by atoms with E-state index in [4.69, 9.17) is 9.16 Å². The molecular formula is C28H43N2O3Si. The zero-order chi connectivity index (χ0) is 25.1. The van der Waals surface area contributed by atoms with Crippen molar-refractivity contribution in [3.8, 4) is 11.8 Å². The highest BCUT2D eigenvalue weighted by Crippen LogP contribution is 2.47. The molecule has 3 rings (SSSR count). The van der Waals surface area contributed by atoms with Crippen LogP contribution in [0.25, 0.3) is 0 Å². The fourth-order valence-corrected chi connectivity index (χ4v) is 5.85. The SMILES string of the molecule is C[Si](C)OC(C#Cc1cncc([C@H]2C[C@@H]3CC[C@H]2N3C(=O)OC(C)(C)C)c1)CCCC(C)(C)C. The van der Waals surface area contributed by atoms with Gasteiger partial charge in [-0.05, 0) is 89.4 Å². The molecule has 2 aliphatic rings. The van der Waals surface area contributed by atoms with E-state index in [0.29, 0.717) is 11.3 Å². The third-order valence-corrected chi connectivity index (χ3v) is 7.23. The lowest BCUT2D eigenvalue weighted by Crippen LogP contribution is -2.40. The largest absolute Gasteiger partial charge is 0.444 e. The van der Waals surface area contributed by atoms with Crippen molar-refractivity contribution in [1.29, 1.82) is 0 Å². The first kappa shape index (κ1) is 26.8. The summed E-state index contributed by atoms with van der Waals surface area (Å²) in [4.78, 5) is 19.3. The lowest BCUT2D eigenvalue weighted by atomic mass is 9.84. The molecule has 2 saturated heterocycles. The molecular weight excluding hydrogens is 440 g/mol. The second-order valence-electron chi connectivity index (χ2n) is 12.3. The lowest BCUT2D eigenvalue weighted by molar-refractivity contribution is 0.0213. The van der Waals surface area contributed by atoms with E-state index in [-0.39, 0.29) is 24.3 Å². The van der Waals surface area contributed by atoms with Crippen LogP contribution < -0.4 is 0 Å². The van der Waals surface area contributed by atoms with E-state index < -0.39 is 14.6 Å². The summed E-state index contributed by atoms with van der Waals surface area (Å²) in [6.45, 7) is 16.9. The first-order chi connectivity index (χ1) is 15.8. The standard InChI is InChI=1S/C28H43N2O3Si/c1-27(2,3)15-9-10-23(33-34(7)8)13-11-20-16-21(19-29-18-20)24-17-22-12-14-25(24)30(22)26(31)32-28(4,5)6/h16,18-19,22-25H,9-10,12,14-15,17H2,1-8H3/t22-,23?,24+,25+/m0/s1. The quantitative estimate of drug-likeness (QED) is 0.340. The van der Waals surface area contributed by atoms with Crippen LogP contribution in [0.2, 0.25) is 13.1 Å². The molecule has 3 heterocycles. The summed E-state index contributed by atoms with van der Waals surface area (Å²) in [5.74, 6) is 7.02. The van der Waals surface area contributed by atoms with Gasteiger partial charge in [-0.3, -0.25) is 4.98 Å². The van der Waals surface area contributed by atoms with Crippen LogP contribution in [-0.4, -0.2) is 48.8 Å². The minimum Gasteiger partial charge on any atom is -0.444 e. The number of amides is 1. The molecule has 0 saturated carbocycles. The number of hydrogen-bond acceptors (Lipinski definition) is 4. The highest BCUT2D eigenvalue weighted by Gasteiger charge is 2.50. The maximum Gasteiger partial charge on any atom is 0.410 e. The Morgan fingerprint density at radius 2 is 1.94 bits per heavy atom. The van der Waals surface area contributed by atoms with Gasteiger partial charge in [0.05, 0.1) is 0 Å². The third kappa shape index (κ3) is 7.58. The molecule has 5 nitrogen and oxygen atoms in total. The van der Waals surface area contributed by atoms with Gasteiger partial charge in [0.1, 0.15) is 11.7 Å². The smallest absolute Gasteiger partial charge is 0.410 e. The first-order valence-corrected chi connectivity index (χ1v) is 15.2. The Labute approximate surface area is 208 Å². The Morgan fingerprint density at radius 1 is 1.21 bits per heavy atom. The summed E-state index contributed by atoms with van der Waals surface area (Å²) in [7, 11) is -0.823. The Bertz CT molecular complexity index is 907. The molecule has 1 amide bonds. The fraction of sp³-hybridized carbons (Fsp3) is 0.714. The molecule has 2 fully saturated rings. The van der Waals surface area contributed by atoms with E-state index in [1.807, 2.05) is 38.1 Å². The summed E-state index contributed by atoms with van der Waals surface area (Å²) in [6, 6.07) is 2.60. The molecule has 0 spiro atoms. The highest BCUT2D eigenvalue weighted by atomic mass is 28.3. The molecule has 0 N–H and O–H groups in total. The van der Waals surface area contributed by atoms with Gasteiger partial charge < -0.3 is 14.1 Å². The Morgan fingerprint density at radius 3 is 2.59 bits per heavy atom. The second-order valence-corrected chi connectivity index (χ2v) is 14.3. The van der Waals surface area contributed by atoms with Crippen LogP contribution in [0.15, 0.2) is 18.5 Å². The van der Waals surface area contributed by atoms with Crippen molar-refractivity contribution < 1.29 is 14.0 Å². The number of carbonyl (C=O) groups is 1. The second kappa shape index (κ2) is 10.8. The molecule has 1 unspecified atom stereocenters. The maximum atomic E-state index is 12.8. The van der Waals surface area contributed by atoms with Crippen molar-refractivity contribution in [3.05, 3.63) is 29.6 Å². The van der Waals surface area contributed by atoms with Gasteiger partial charge in [-0.25, -0.2) is 4.79 Å². The van der Waals surface area contributed by atoms with Gasteiger partial charge in [0.2, 0.25) is 9.04 Å².